The van der Waals surface area contributed by atoms with Crippen LogP contribution >= 0.6 is 11.6 Å². The Morgan fingerprint density at radius 3 is 2.55 bits per heavy atom. The van der Waals surface area contributed by atoms with E-state index in [1.54, 1.807) is 18.2 Å². The first-order valence-corrected chi connectivity index (χ1v) is 6.74. The predicted octanol–water partition coefficient (Wildman–Crippen LogP) is 2.39. The van der Waals surface area contributed by atoms with Gasteiger partial charge in [-0.15, -0.1) is 11.6 Å². The summed E-state index contributed by atoms with van der Waals surface area (Å²) in [6.45, 7) is 0. The van der Waals surface area contributed by atoms with Gasteiger partial charge in [-0.1, -0.05) is 12.1 Å². The van der Waals surface area contributed by atoms with Crippen LogP contribution in [0.4, 0.5) is 5.69 Å². The normalized spacial score (nSPS) is 10.2. The predicted molar refractivity (Wildman–Crippen MR) is 78.9 cm³/mol. The lowest BCUT2D eigenvalue weighted by Gasteiger charge is -2.05. The van der Waals surface area contributed by atoms with Crippen molar-refractivity contribution in [3.63, 3.8) is 0 Å². The third kappa shape index (κ3) is 3.93. The number of nitrogens with zero attached hydrogens (tertiary/aromatic N) is 1. The lowest BCUT2D eigenvalue weighted by Crippen LogP contribution is -2.11. The Bertz CT molecular complexity index is 617. The van der Waals surface area contributed by atoms with Gasteiger partial charge in [0.25, 0.3) is 5.56 Å². The van der Waals surface area contributed by atoms with E-state index in [1.165, 1.54) is 6.07 Å². The number of H-pyrrole nitrogens is 1. The summed E-state index contributed by atoms with van der Waals surface area (Å²) in [6.07, 6.45) is 1.07. The van der Waals surface area contributed by atoms with Crippen LogP contribution in [0.5, 0.6) is 0 Å². The van der Waals surface area contributed by atoms with E-state index < -0.39 is 0 Å². The highest BCUT2D eigenvalue weighted by atomic mass is 35.5. The molecule has 0 bridgehead atoms. The van der Waals surface area contributed by atoms with Crippen LogP contribution in [0.3, 0.4) is 0 Å². The van der Waals surface area contributed by atoms with Crippen LogP contribution in [0.25, 0.3) is 11.3 Å². The first kappa shape index (κ1) is 14.3. The van der Waals surface area contributed by atoms with Crippen molar-refractivity contribution in [1.82, 2.24) is 10.2 Å². The Balaban J connectivity index is 2.04. The second-order valence-corrected chi connectivity index (χ2v) is 4.60. The third-order valence-electron chi connectivity index (χ3n) is 2.68. The molecule has 2 aromatic rings. The number of amides is 1. The van der Waals surface area contributed by atoms with Crippen LogP contribution < -0.4 is 10.9 Å². The largest absolute Gasteiger partial charge is 0.326 e. The third-order valence-corrected chi connectivity index (χ3v) is 2.95. The number of alkyl halides is 1. The van der Waals surface area contributed by atoms with Crippen LogP contribution in [-0.2, 0) is 4.79 Å². The molecule has 5 nitrogen and oxygen atoms in total. The van der Waals surface area contributed by atoms with Gasteiger partial charge in [0, 0.05) is 29.6 Å². The molecule has 6 heteroatoms. The summed E-state index contributed by atoms with van der Waals surface area (Å²) in [5, 5.41) is 9.11. The van der Waals surface area contributed by atoms with Crippen molar-refractivity contribution in [3.8, 4) is 11.3 Å². The lowest BCUT2D eigenvalue weighted by atomic mass is 10.1. The van der Waals surface area contributed by atoms with Gasteiger partial charge in [-0.05, 0) is 24.6 Å². The van der Waals surface area contributed by atoms with E-state index in [2.05, 4.69) is 15.5 Å². The van der Waals surface area contributed by atoms with Crippen molar-refractivity contribution in [1.29, 1.82) is 0 Å². The summed E-state index contributed by atoms with van der Waals surface area (Å²) < 4.78 is 0. The molecule has 0 unspecified atom stereocenters. The summed E-state index contributed by atoms with van der Waals surface area (Å²) in [5.74, 6) is 0.421. The van der Waals surface area contributed by atoms with Gasteiger partial charge in [0.15, 0.2) is 0 Å². The fraction of sp³-hybridized carbons (Fsp3) is 0.214. The number of aromatic amines is 1. The quantitative estimate of drug-likeness (QED) is 0.831. The van der Waals surface area contributed by atoms with E-state index in [0.717, 1.165) is 11.3 Å². The Hall–Kier alpha value is -2.14. The number of carbonyl (C=O) groups is 1. The summed E-state index contributed by atoms with van der Waals surface area (Å²) >= 11 is 5.54. The second-order valence-electron chi connectivity index (χ2n) is 4.22. The monoisotopic (exact) mass is 291 g/mol. The average Bonchev–Trinajstić information content (AvgIpc) is 2.47. The lowest BCUT2D eigenvalue weighted by molar-refractivity contribution is -0.116. The van der Waals surface area contributed by atoms with Crippen LogP contribution in [0, 0.1) is 0 Å². The molecule has 0 fully saturated rings. The molecule has 0 saturated heterocycles. The van der Waals surface area contributed by atoms with E-state index >= 15 is 0 Å². The van der Waals surface area contributed by atoms with Gasteiger partial charge in [-0.25, -0.2) is 5.10 Å². The number of hydrogen-bond acceptors (Lipinski definition) is 3. The molecule has 0 aliphatic carbocycles. The standard InChI is InChI=1S/C14H14ClN3O2/c15-9-1-2-13(19)16-11-5-3-10(4-6-11)12-7-8-14(20)18-17-12/h3-8H,1-2,9H2,(H,16,19)(H,18,20). The Kier molecular flexibility index (Phi) is 4.90. The second kappa shape index (κ2) is 6.86. The fourth-order valence-corrected chi connectivity index (χ4v) is 1.81. The summed E-state index contributed by atoms with van der Waals surface area (Å²) in [4.78, 5) is 22.5. The van der Waals surface area contributed by atoms with E-state index in [-0.39, 0.29) is 11.5 Å². The van der Waals surface area contributed by atoms with Gasteiger partial charge < -0.3 is 5.32 Å². The number of nitrogens with one attached hydrogen (secondary N) is 2. The van der Waals surface area contributed by atoms with Crippen molar-refractivity contribution in [3.05, 3.63) is 46.8 Å². The van der Waals surface area contributed by atoms with Gasteiger partial charge in [0.05, 0.1) is 5.69 Å². The molecule has 0 aliphatic heterocycles. The molecule has 0 saturated carbocycles. The number of halogens is 1. The molecule has 0 atom stereocenters. The summed E-state index contributed by atoms with van der Waals surface area (Å²) in [5.41, 5.74) is 2.01. The number of benzene rings is 1. The molecule has 2 rings (SSSR count). The van der Waals surface area contributed by atoms with Gasteiger partial charge in [0.2, 0.25) is 5.91 Å². The molecule has 104 valence electrons. The smallest absolute Gasteiger partial charge is 0.264 e. The van der Waals surface area contributed by atoms with E-state index in [4.69, 9.17) is 11.6 Å². The fourth-order valence-electron chi connectivity index (χ4n) is 1.68. The maximum absolute atomic E-state index is 11.5. The van der Waals surface area contributed by atoms with Crippen molar-refractivity contribution >= 4 is 23.2 Å². The average molecular weight is 292 g/mol. The molecule has 0 spiro atoms. The minimum Gasteiger partial charge on any atom is -0.326 e. The first-order chi connectivity index (χ1) is 9.69. The van der Waals surface area contributed by atoms with Crippen LogP contribution in [0.1, 0.15) is 12.8 Å². The van der Waals surface area contributed by atoms with Crippen LogP contribution in [0.2, 0.25) is 0 Å². The number of hydrogen-bond donors (Lipinski definition) is 2. The van der Waals surface area contributed by atoms with Crippen LogP contribution in [0.15, 0.2) is 41.2 Å². The van der Waals surface area contributed by atoms with Crippen molar-refractivity contribution in [2.24, 2.45) is 0 Å². The molecule has 1 amide bonds. The molecule has 1 aromatic carbocycles. The maximum atomic E-state index is 11.5. The topological polar surface area (TPSA) is 74.8 Å². The van der Waals surface area contributed by atoms with E-state index in [1.807, 2.05) is 12.1 Å². The van der Waals surface area contributed by atoms with Crippen molar-refractivity contribution in [2.45, 2.75) is 12.8 Å². The molecule has 20 heavy (non-hydrogen) atoms. The summed E-state index contributed by atoms with van der Waals surface area (Å²) in [6, 6.07) is 10.3. The van der Waals surface area contributed by atoms with E-state index in [9.17, 15) is 9.59 Å². The zero-order valence-electron chi connectivity index (χ0n) is 10.7. The number of carbonyl (C=O) groups excluding carboxylic acids is 1. The molecular formula is C14H14ClN3O2. The van der Waals surface area contributed by atoms with Gasteiger partial charge in [-0.2, -0.15) is 5.10 Å². The number of rotatable bonds is 5. The summed E-state index contributed by atoms with van der Waals surface area (Å²) in [7, 11) is 0. The van der Waals surface area contributed by atoms with Crippen molar-refractivity contribution in [2.75, 3.05) is 11.2 Å². The highest BCUT2D eigenvalue weighted by molar-refractivity contribution is 6.18. The first-order valence-electron chi connectivity index (χ1n) is 6.21. The molecule has 0 aliphatic rings. The number of anilines is 1. The highest BCUT2D eigenvalue weighted by Crippen LogP contribution is 2.18. The molecule has 2 N–H and O–H groups in total. The van der Waals surface area contributed by atoms with Gasteiger partial charge in [-0.3, -0.25) is 9.59 Å². The molecule has 1 aromatic heterocycles. The minimum absolute atomic E-state index is 0.0550. The van der Waals surface area contributed by atoms with E-state index in [0.29, 0.717) is 24.4 Å². The molecule has 0 radical (unpaired) electrons. The van der Waals surface area contributed by atoms with Crippen LogP contribution in [-0.4, -0.2) is 22.0 Å². The van der Waals surface area contributed by atoms with Gasteiger partial charge in [0.1, 0.15) is 0 Å². The maximum Gasteiger partial charge on any atom is 0.264 e. The minimum atomic E-state index is -0.239. The van der Waals surface area contributed by atoms with Crippen molar-refractivity contribution < 1.29 is 4.79 Å². The molecule has 1 heterocycles. The SMILES string of the molecule is O=C(CCCCl)Nc1ccc(-c2ccc(=O)[nH]n2)cc1. The van der Waals surface area contributed by atoms with Gasteiger partial charge >= 0.3 is 0 Å². The Labute approximate surface area is 121 Å². The Morgan fingerprint density at radius 2 is 1.95 bits per heavy atom. The molecular weight excluding hydrogens is 278 g/mol. The number of aromatic nitrogens is 2. The Morgan fingerprint density at radius 1 is 1.20 bits per heavy atom. The zero-order valence-corrected chi connectivity index (χ0v) is 11.5. The highest BCUT2D eigenvalue weighted by Gasteiger charge is 2.03. The zero-order chi connectivity index (χ0) is 14.4.